The molecule has 1 aliphatic rings. The van der Waals surface area contributed by atoms with Crippen LogP contribution in [0.5, 0.6) is 0 Å². The number of rotatable bonds is 3. The van der Waals surface area contributed by atoms with Crippen molar-refractivity contribution in [3.05, 3.63) is 59.0 Å². The van der Waals surface area contributed by atoms with Crippen LogP contribution in [0.4, 0.5) is 5.82 Å². The highest BCUT2D eigenvalue weighted by Gasteiger charge is 2.19. The number of pyridine rings is 1. The lowest BCUT2D eigenvalue weighted by Crippen LogP contribution is -2.19. The number of aromatic nitrogens is 3. The van der Waals surface area contributed by atoms with Crippen molar-refractivity contribution in [2.24, 2.45) is 0 Å². The normalized spacial score (nSPS) is 14.1. The van der Waals surface area contributed by atoms with Crippen molar-refractivity contribution in [3.8, 4) is 22.5 Å². The van der Waals surface area contributed by atoms with Crippen LogP contribution in [-0.4, -0.2) is 28.0 Å². The van der Waals surface area contributed by atoms with E-state index < -0.39 is 0 Å². The third kappa shape index (κ3) is 3.32. The van der Waals surface area contributed by atoms with Gasteiger partial charge in [-0.1, -0.05) is 35.3 Å². The van der Waals surface area contributed by atoms with Crippen LogP contribution < -0.4 is 4.90 Å². The molecule has 3 aromatic rings. The molecule has 0 saturated carbocycles. The van der Waals surface area contributed by atoms with E-state index in [0.29, 0.717) is 10.0 Å². The smallest absolute Gasteiger partial charge is 0.147 e. The van der Waals surface area contributed by atoms with Crippen LogP contribution in [0.15, 0.2) is 48.9 Å². The minimum absolute atomic E-state index is 0.561. The number of anilines is 1. The zero-order chi connectivity index (χ0) is 17.2. The fourth-order valence-corrected chi connectivity index (χ4v) is 3.39. The lowest BCUT2D eigenvalue weighted by atomic mass is 10.0. The van der Waals surface area contributed by atoms with E-state index >= 15 is 0 Å². The summed E-state index contributed by atoms with van der Waals surface area (Å²) in [5, 5.41) is 1.25. The highest BCUT2D eigenvalue weighted by atomic mass is 35.5. The van der Waals surface area contributed by atoms with E-state index in [1.807, 2.05) is 36.5 Å². The first-order valence-corrected chi connectivity index (χ1v) is 8.96. The van der Waals surface area contributed by atoms with Gasteiger partial charge >= 0.3 is 0 Å². The number of nitrogens with zero attached hydrogens (tertiary/aromatic N) is 4. The maximum Gasteiger partial charge on any atom is 0.147 e. The van der Waals surface area contributed by atoms with Crippen molar-refractivity contribution < 1.29 is 0 Å². The van der Waals surface area contributed by atoms with Gasteiger partial charge in [-0.25, -0.2) is 4.98 Å². The van der Waals surface area contributed by atoms with Crippen LogP contribution >= 0.6 is 23.2 Å². The molecule has 3 heterocycles. The quantitative estimate of drug-likeness (QED) is 0.641. The number of hydrogen-bond donors (Lipinski definition) is 0. The van der Waals surface area contributed by atoms with E-state index in [-0.39, 0.29) is 0 Å². The molecule has 4 rings (SSSR count). The zero-order valence-corrected chi connectivity index (χ0v) is 15.0. The highest BCUT2D eigenvalue weighted by Crippen LogP contribution is 2.34. The van der Waals surface area contributed by atoms with Gasteiger partial charge in [0.2, 0.25) is 0 Å². The standard InChI is InChI=1S/C19H16Cl2N4/c20-14-5-3-13(4-6-14)18-19(15-7-8-22-11-16(15)21)24-17(12-23-18)25-9-1-2-10-25/h3-8,11-12H,1-2,9-10H2. The van der Waals surface area contributed by atoms with Crippen molar-refractivity contribution in [3.63, 3.8) is 0 Å². The summed E-state index contributed by atoms with van der Waals surface area (Å²) in [6, 6.07) is 9.47. The largest absolute Gasteiger partial charge is 0.355 e. The molecule has 126 valence electrons. The topological polar surface area (TPSA) is 41.9 Å². The third-order valence-electron chi connectivity index (χ3n) is 4.34. The van der Waals surface area contributed by atoms with E-state index in [1.165, 1.54) is 12.8 Å². The number of halogens is 2. The Hall–Kier alpha value is -2.17. The average Bonchev–Trinajstić information content (AvgIpc) is 3.17. The molecule has 6 heteroatoms. The summed E-state index contributed by atoms with van der Waals surface area (Å²) in [6.07, 6.45) is 7.57. The molecule has 1 aromatic carbocycles. The maximum atomic E-state index is 6.39. The summed E-state index contributed by atoms with van der Waals surface area (Å²) in [5.41, 5.74) is 3.33. The van der Waals surface area contributed by atoms with Gasteiger partial charge in [-0.3, -0.25) is 9.97 Å². The lowest BCUT2D eigenvalue weighted by molar-refractivity contribution is 0.929. The monoisotopic (exact) mass is 370 g/mol. The van der Waals surface area contributed by atoms with E-state index in [4.69, 9.17) is 33.2 Å². The molecule has 0 unspecified atom stereocenters. The SMILES string of the molecule is Clc1ccc(-c2ncc(N3CCCC3)nc2-c2ccncc2Cl)cc1. The Kier molecular flexibility index (Phi) is 4.55. The molecule has 4 nitrogen and oxygen atoms in total. The first kappa shape index (κ1) is 16.3. The summed E-state index contributed by atoms with van der Waals surface area (Å²) in [6.45, 7) is 2.02. The van der Waals surface area contributed by atoms with Crippen molar-refractivity contribution in [2.75, 3.05) is 18.0 Å². The van der Waals surface area contributed by atoms with Gasteiger partial charge in [-0.15, -0.1) is 0 Å². The Morgan fingerprint density at radius 3 is 2.36 bits per heavy atom. The Bertz CT molecular complexity index is 890. The average molecular weight is 371 g/mol. The van der Waals surface area contributed by atoms with Crippen LogP contribution in [0.3, 0.4) is 0 Å². The first-order chi connectivity index (χ1) is 12.2. The summed E-state index contributed by atoms with van der Waals surface area (Å²) in [5.74, 6) is 0.887. The number of hydrogen-bond acceptors (Lipinski definition) is 4. The lowest BCUT2D eigenvalue weighted by Gasteiger charge is -2.18. The molecule has 1 saturated heterocycles. The molecule has 0 amide bonds. The molecule has 0 radical (unpaired) electrons. The van der Waals surface area contributed by atoms with Gasteiger partial charge in [0, 0.05) is 41.6 Å². The van der Waals surface area contributed by atoms with Gasteiger partial charge in [-0.05, 0) is 31.0 Å². The summed E-state index contributed by atoms with van der Waals surface area (Å²) >= 11 is 12.4. The molecule has 1 fully saturated rings. The molecule has 0 N–H and O–H groups in total. The third-order valence-corrected chi connectivity index (χ3v) is 4.89. The van der Waals surface area contributed by atoms with Crippen LogP contribution in [0.1, 0.15) is 12.8 Å². The molecule has 0 bridgehead atoms. The predicted molar refractivity (Wildman–Crippen MR) is 102 cm³/mol. The van der Waals surface area contributed by atoms with Gasteiger partial charge in [0.15, 0.2) is 0 Å². The van der Waals surface area contributed by atoms with Crippen molar-refractivity contribution in [2.45, 2.75) is 12.8 Å². The second-order valence-electron chi connectivity index (χ2n) is 5.98. The highest BCUT2D eigenvalue weighted by molar-refractivity contribution is 6.33. The second-order valence-corrected chi connectivity index (χ2v) is 6.83. The van der Waals surface area contributed by atoms with Gasteiger partial charge < -0.3 is 4.90 Å². The molecule has 2 aromatic heterocycles. The molecule has 1 aliphatic heterocycles. The van der Waals surface area contributed by atoms with Gasteiger partial charge in [-0.2, -0.15) is 0 Å². The summed E-state index contributed by atoms with van der Waals surface area (Å²) in [7, 11) is 0. The fourth-order valence-electron chi connectivity index (χ4n) is 3.05. The fraction of sp³-hybridized carbons (Fsp3) is 0.211. The van der Waals surface area contributed by atoms with Crippen LogP contribution in [0.2, 0.25) is 10.0 Å². The van der Waals surface area contributed by atoms with Crippen molar-refractivity contribution in [1.82, 2.24) is 15.0 Å². The molecule has 0 atom stereocenters. The van der Waals surface area contributed by atoms with E-state index in [1.54, 1.807) is 12.4 Å². The van der Waals surface area contributed by atoms with Crippen LogP contribution in [0, 0.1) is 0 Å². The Labute approximate surface area is 156 Å². The molecular weight excluding hydrogens is 355 g/mol. The van der Waals surface area contributed by atoms with Crippen molar-refractivity contribution >= 4 is 29.0 Å². The molecule has 0 spiro atoms. The van der Waals surface area contributed by atoms with E-state index in [9.17, 15) is 0 Å². The van der Waals surface area contributed by atoms with E-state index in [2.05, 4.69) is 9.88 Å². The Morgan fingerprint density at radius 1 is 0.880 bits per heavy atom. The molecule has 0 aliphatic carbocycles. The molecule has 25 heavy (non-hydrogen) atoms. The maximum absolute atomic E-state index is 6.39. The number of benzene rings is 1. The summed E-state index contributed by atoms with van der Waals surface area (Å²) in [4.78, 5) is 16.0. The minimum atomic E-state index is 0.561. The van der Waals surface area contributed by atoms with Gasteiger partial charge in [0.05, 0.1) is 16.9 Å². The van der Waals surface area contributed by atoms with Crippen LogP contribution in [0.25, 0.3) is 22.5 Å². The Balaban J connectivity index is 1.88. The first-order valence-electron chi connectivity index (χ1n) is 8.20. The van der Waals surface area contributed by atoms with Gasteiger partial charge in [0.25, 0.3) is 0 Å². The minimum Gasteiger partial charge on any atom is -0.355 e. The molecular formula is C19H16Cl2N4. The van der Waals surface area contributed by atoms with Gasteiger partial charge in [0.1, 0.15) is 11.5 Å². The Morgan fingerprint density at radius 2 is 1.64 bits per heavy atom. The van der Waals surface area contributed by atoms with Crippen molar-refractivity contribution in [1.29, 1.82) is 0 Å². The second kappa shape index (κ2) is 6.98. The van der Waals surface area contributed by atoms with Crippen LogP contribution in [-0.2, 0) is 0 Å². The van der Waals surface area contributed by atoms with E-state index in [0.717, 1.165) is 41.4 Å². The zero-order valence-electron chi connectivity index (χ0n) is 13.5. The summed E-state index contributed by atoms with van der Waals surface area (Å²) < 4.78 is 0. The predicted octanol–water partition coefficient (Wildman–Crippen LogP) is 5.11.